The van der Waals surface area contributed by atoms with E-state index >= 15 is 0 Å². The van der Waals surface area contributed by atoms with Crippen molar-refractivity contribution in [2.45, 2.75) is 38.8 Å². The van der Waals surface area contributed by atoms with Crippen LogP contribution in [0.5, 0.6) is 0 Å². The Bertz CT molecular complexity index is 1520. The molecule has 12 nitrogen and oxygen atoms in total. The molecular weight excluding hydrogens is 504 g/mol. The highest BCUT2D eigenvalue weighted by atomic mass is 15.3. The number of nitrogens with zero attached hydrogens (tertiary/aromatic N) is 8. The molecule has 0 amide bonds. The first-order chi connectivity index (χ1) is 19.7. The Morgan fingerprint density at radius 2 is 1.02 bits per heavy atom. The number of aromatic nitrogens is 8. The lowest BCUT2D eigenvalue weighted by atomic mass is 9.98. The van der Waals surface area contributed by atoms with Gasteiger partial charge in [0.05, 0.1) is 10.8 Å². The maximum atomic E-state index is 6.36. The topological polar surface area (TPSA) is 163 Å². The van der Waals surface area contributed by atoms with Crippen molar-refractivity contribution in [3.63, 3.8) is 0 Å². The molecule has 40 heavy (non-hydrogen) atoms. The third kappa shape index (κ3) is 4.52. The standard InChI is InChI=1S/C28H34N12/c29-25-21-23(37-39(27(21)35-15-33-25)13-17-5-9-31-10-6-17)19-1-2-20(4-3-19)24-22-26(30)34-16-36-28(22)40(38-24)14-18-7-11-32-12-8-18/h1-4,15-18,31-32H,5-14H2,(H2,29,33,35)(H2,30,34,36). The number of nitrogen functional groups attached to an aromatic ring is 2. The van der Waals surface area contributed by atoms with E-state index in [0.717, 1.165) is 110 Å². The fourth-order valence-electron chi connectivity index (χ4n) is 6.12. The highest BCUT2D eigenvalue weighted by Gasteiger charge is 2.23. The van der Waals surface area contributed by atoms with Gasteiger partial charge in [0, 0.05) is 24.2 Å². The van der Waals surface area contributed by atoms with E-state index in [4.69, 9.17) is 21.7 Å². The molecule has 206 valence electrons. The Morgan fingerprint density at radius 1 is 0.625 bits per heavy atom. The van der Waals surface area contributed by atoms with Gasteiger partial charge in [-0.3, -0.25) is 0 Å². The van der Waals surface area contributed by atoms with Crippen LogP contribution >= 0.6 is 0 Å². The van der Waals surface area contributed by atoms with Gasteiger partial charge in [-0.2, -0.15) is 10.2 Å². The van der Waals surface area contributed by atoms with Crippen LogP contribution in [-0.4, -0.2) is 65.7 Å². The van der Waals surface area contributed by atoms with Crippen LogP contribution in [0.15, 0.2) is 36.9 Å². The molecule has 0 spiro atoms. The predicted octanol–water partition coefficient (Wildman–Crippen LogP) is 2.46. The van der Waals surface area contributed by atoms with Crippen molar-refractivity contribution < 1.29 is 0 Å². The van der Waals surface area contributed by atoms with Crippen LogP contribution in [0.4, 0.5) is 11.6 Å². The molecule has 2 saturated heterocycles. The first kappa shape index (κ1) is 24.9. The maximum Gasteiger partial charge on any atom is 0.163 e. The normalized spacial score (nSPS) is 17.2. The van der Waals surface area contributed by atoms with Crippen molar-refractivity contribution in [1.82, 2.24) is 50.1 Å². The second kappa shape index (κ2) is 10.4. The predicted molar refractivity (Wildman–Crippen MR) is 155 cm³/mol. The summed E-state index contributed by atoms with van der Waals surface area (Å²) < 4.78 is 4.00. The van der Waals surface area contributed by atoms with Crippen LogP contribution in [0.2, 0.25) is 0 Å². The number of piperidine rings is 2. The van der Waals surface area contributed by atoms with Gasteiger partial charge in [-0.25, -0.2) is 29.3 Å². The number of benzene rings is 1. The second-order valence-electron chi connectivity index (χ2n) is 10.9. The zero-order valence-electron chi connectivity index (χ0n) is 22.4. The zero-order chi connectivity index (χ0) is 27.1. The number of fused-ring (bicyclic) bond motifs is 2. The van der Waals surface area contributed by atoms with E-state index in [-0.39, 0.29) is 0 Å². The number of rotatable bonds is 6. The summed E-state index contributed by atoms with van der Waals surface area (Å²) in [6, 6.07) is 8.21. The van der Waals surface area contributed by atoms with Crippen molar-refractivity contribution in [1.29, 1.82) is 0 Å². The minimum Gasteiger partial charge on any atom is -0.383 e. The smallest absolute Gasteiger partial charge is 0.163 e. The van der Waals surface area contributed by atoms with Crippen molar-refractivity contribution in [3.8, 4) is 22.5 Å². The van der Waals surface area contributed by atoms with Gasteiger partial charge in [0.25, 0.3) is 0 Å². The summed E-state index contributed by atoms with van der Waals surface area (Å²) >= 11 is 0. The molecular formula is C28H34N12. The van der Waals surface area contributed by atoms with E-state index in [1.807, 2.05) is 9.36 Å². The molecule has 6 N–H and O–H groups in total. The molecule has 0 atom stereocenters. The molecule has 2 aliphatic rings. The fourth-order valence-corrected chi connectivity index (χ4v) is 6.12. The average molecular weight is 539 g/mol. The van der Waals surface area contributed by atoms with Gasteiger partial charge in [-0.1, -0.05) is 24.3 Å². The summed E-state index contributed by atoms with van der Waals surface area (Å²) in [4.78, 5) is 17.7. The number of hydrogen-bond acceptors (Lipinski definition) is 10. The summed E-state index contributed by atoms with van der Waals surface area (Å²) in [5, 5.41) is 18.4. The van der Waals surface area contributed by atoms with Crippen LogP contribution in [0.25, 0.3) is 44.6 Å². The molecule has 5 aromatic rings. The van der Waals surface area contributed by atoms with Gasteiger partial charge >= 0.3 is 0 Å². The summed E-state index contributed by atoms with van der Waals surface area (Å²) in [5.74, 6) is 1.98. The molecule has 6 heterocycles. The van der Waals surface area contributed by atoms with Crippen molar-refractivity contribution in [3.05, 3.63) is 36.9 Å². The zero-order valence-corrected chi connectivity index (χ0v) is 22.4. The lowest BCUT2D eigenvalue weighted by molar-refractivity contribution is 0.325. The molecule has 0 unspecified atom stereocenters. The molecule has 0 radical (unpaired) electrons. The fraction of sp³-hybridized carbons (Fsp3) is 0.429. The maximum absolute atomic E-state index is 6.36. The van der Waals surface area contributed by atoms with Crippen LogP contribution in [0.1, 0.15) is 25.7 Å². The van der Waals surface area contributed by atoms with Crippen molar-refractivity contribution in [2.75, 3.05) is 37.6 Å². The lowest BCUT2D eigenvalue weighted by Crippen LogP contribution is -2.30. The van der Waals surface area contributed by atoms with Crippen molar-refractivity contribution >= 4 is 33.7 Å². The van der Waals surface area contributed by atoms with E-state index in [1.54, 1.807) is 0 Å². The molecule has 0 bridgehead atoms. The lowest BCUT2D eigenvalue weighted by Gasteiger charge is -2.22. The van der Waals surface area contributed by atoms with Crippen LogP contribution < -0.4 is 22.1 Å². The van der Waals surface area contributed by atoms with Gasteiger partial charge in [0.1, 0.15) is 35.7 Å². The minimum absolute atomic E-state index is 0.438. The van der Waals surface area contributed by atoms with E-state index < -0.39 is 0 Å². The quantitative estimate of drug-likeness (QED) is 0.252. The Morgan fingerprint density at radius 3 is 1.43 bits per heavy atom. The first-order valence-corrected chi connectivity index (χ1v) is 14.1. The van der Waals surface area contributed by atoms with Crippen LogP contribution in [-0.2, 0) is 13.1 Å². The van der Waals surface area contributed by atoms with E-state index in [2.05, 4.69) is 54.8 Å². The van der Waals surface area contributed by atoms with E-state index in [1.165, 1.54) is 12.7 Å². The molecule has 0 aliphatic carbocycles. The van der Waals surface area contributed by atoms with Crippen LogP contribution in [0.3, 0.4) is 0 Å². The Balaban J connectivity index is 1.25. The highest BCUT2D eigenvalue weighted by Crippen LogP contribution is 2.35. The second-order valence-corrected chi connectivity index (χ2v) is 10.9. The molecule has 4 aromatic heterocycles. The average Bonchev–Trinajstić information content (AvgIpc) is 3.55. The summed E-state index contributed by atoms with van der Waals surface area (Å²) in [6.45, 7) is 5.76. The molecule has 12 heteroatoms. The first-order valence-electron chi connectivity index (χ1n) is 14.1. The largest absolute Gasteiger partial charge is 0.383 e. The molecule has 7 rings (SSSR count). The van der Waals surface area contributed by atoms with E-state index in [9.17, 15) is 0 Å². The third-order valence-electron chi connectivity index (χ3n) is 8.33. The van der Waals surface area contributed by atoms with E-state index in [0.29, 0.717) is 23.5 Å². The molecule has 2 fully saturated rings. The Kier molecular flexibility index (Phi) is 6.48. The third-order valence-corrected chi connectivity index (χ3v) is 8.33. The molecule has 0 saturated carbocycles. The molecule has 2 aliphatic heterocycles. The van der Waals surface area contributed by atoms with Gasteiger partial charge in [0.15, 0.2) is 11.3 Å². The molecule has 1 aromatic carbocycles. The summed E-state index contributed by atoms with van der Waals surface area (Å²) in [7, 11) is 0. The van der Waals surface area contributed by atoms with Crippen LogP contribution in [0, 0.1) is 11.8 Å². The Labute approximate surface area is 231 Å². The SMILES string of the molecule is Nc1ncnc2c1c(-c1ccc(-c3nn(CC4CCNCC4)c4ncnc(N)c34)cc1)nn2CC1CCNCC1. The van der Waals surface area contributed by atoms with Crippen molar-refractivity contribution in [2.24, 2.45) is 11.8 Å². The van der Waals surface area contributed by atoms with Gasteiger partial charge < -0.3 is 22.1 Å². The van der Waals surface area contributed by atoms with Gasteiger partial charge in [-0.05, 0) is 63.7 Å². The number of nitrogens with two attached hydrogens (primary N) is 2. The monoisotopic (exact) mass is 538 g/mol. The highest BCUT2D eigenvalue weighted by molar-refractivity contribution is 6.00. The number of anilines is 2. The number of nitrogens with one attached hydrogen (secondary N) is 2. The summed E-state index contributed by atoms with van der Waals surface area (Å²) in [6.07, 6.45) is 7.52. The summed E-state index contributed by atoms with van der Waals surface area (Å²) in [5.41, 5.74) is 17.7. The Hall–Kier alpha value is -4.16. The van der Waals surface area contributed by atoms with Gasteiger partial charge in [-0.15, -0.1) is 0 Å². The number of hydrogen-bond donors (Lipinski definition) is 4. The van der Waals surface area contributed by atoms with Gasteiger partial charge in [0.2, 0.25) is 0 Å². The minimum atomic E-state index is 0.438.